The fourth-order valence-corrected chi connectivity index (χ4v) is 2.74. The molecule has 7 nitrogen and oxygen atoms in total. The first-order valence-corrected chi connectivity index (χ1v) is 8.40. The quantitative estimate of drug-likeness (QED) is 0.620. The Morgan fingerprint density at radius 3 is 2.35 bits per heavy atom. The number of aromatic nitrogens is 3. The van der Waals surface area contributed by atoms with Crippen LogP contribution in [0, 0.1) is 18.3 Å². The monoisotopic (exact) mass is 352 g/mol. The van der Waals surface area contributed by atoms with Crippen molar-refractivity contribution < 1.29 is 14.1 Å². The van der Waals surface area contributed by atoms with E-state index in [2.05, 4.69) is 10.1 Å². The van der Waals surface area contributed by atoms with Crippen LogP contribution in [0.4, 0.5) is 0 Å². The maximum atomic E-state index is 12.1. The van der Waals surface area contributed by atoms with Gasteiger partial charge in [-0.2, -0.15) is 10.4 Å². The van der Waals surface area contributed by atoms with Crippen LogP contribution in [-0.4, -0.2) is 38.9 Å². The Morgan fingerprint density at radius 2 is 1.85 bits per heavy atom. The van der Waals surface area contributed by atoms with Crippen LogP contribution in [0.25, 0.3) is 5.82 Å². The predicted molar refractivity (Wildman–Crippen MR) is 96.5 cm³/mol. The summed E-state index contributed by atoms with van der Waals surface area (Å²) < 4.78 is 13.6. The zero-order valence-electron chi connectivity index (χ0n) is 15.8. The Labute approximate surface area is 153 Å². The molecular formula is C18H21BN4O3. The van der Waals surface area contributed by atoms with Crippen molar-refractivity contribution in [1.29, 1.82) is 5.26 Å². The molecule has 1 saturated heterocycles. The number of carbonyl (C=O) groups excluding carboxylic acids is 1. The van der Waals surface area contributed by atoms with Gasteiger partial charge in [0.2, 0.25) is 0 Å². The average molecular weight is 352 g/mol. The van der Waals surface area contributed by atoms with Gasteiger partial charge in [0.05, 0.1) is 22.4 Å². The van der Waals surface area contributed by atoms with Crippen molar-refractivity contribution in [2.75, 3.05) is 0 Å². The van der Waals surface area contributed by atoms with E-state index in [0.29, 0.717) is 22.7 Å². The summed E-state index contributed by atoms with van der Waals surface area (Å²) >= 11 is 0. The minimum atomic E-state index is -0.647. The predicted octanol–water partition coefficient (Wildman–Crippen LogP) is 1.95. The van der Waals surface area contributed by atoms with E-state index in [0.717, 1.165) is 0 Å². The molecule has 8 heteroatoms. The molecule has 0 bridgehead atoms. The first kappa shape index (κ1) is 18.3. The molecule has 0 unspecified atom stereocenters. The Hall–Kier alpha value is -2.50. The largest absolute Gasteiger partial charge is 0.514 e. The number of ketones is 1. The third kappa shape index (κ3) is 2.93. The number of Topliss-reactive ketones (excluding diaryl/α,β-unsaturated/α-hetero) is 1. The fraction of sp³-hybridized carbons (Fsp3) is 0.444. The highest BCUT2D eigenvalue weighted by Gasteiger charge is 2.52. The van der Waals surface area contributed by atoms with E-state index < -0.39 is 18.3 Å². The molecule has 0 amide bonds. The summed E-state index contributed by atoms with van der Waals surface area (Å²) in [5.41, 5.74) is 0.961. The first-order valence-electron chi connectivity index (χ1n) is 8.40. The van der Waals surface area contributed by atoms with E-state index in [9.17, 15) is 4.79 Å². The van der Waals surface area contributed by atoms with Crippen molar-refractivity contribution in [2.45, 2.75) is 52.7 Å². The highest BCUT2D eigenvalue weighted by Crippen LogP contribution is 2.36. The van der Waals surface area contributed by atoms with Crippen molar-refractivity contribution in [3.63, 3.8) is 0 Å². The van der Waals surface area contributed by atoms with Crippen LogP contribution < -0.4 is 5.59 Å². The van der Waals surface area contributed by atoms with E-state index in [1.54, 1.807) is 25.1 Å². The van der Waals surface area contributed by atoms with Gasteiger partial charge in [-0.1, -0.05) is 0 Å². The second-order valence-electron chi connectivity index (χ2n) is 7.45. The molecule has 0 saturated carbocycles. The molecule has 0 N–H and O–H groups in total. The number of hydrogen-bond acceptors (Lipinski definition) is 6. The number of aryl methyl sites for hydroxylation is 1. The Kier molecular flexibility index (Phi) is 4.25. The lowest BCUT2D eigenvalue weighted by Gasteiger charge is -2.32. The Morgan fingerprint density at radius 1 is 1.23 bits per heavy atom. The van der Waals surface area contributed by atoms with Gasteiger partial charge >= 0.3 is 7.12 Å². The van der Waals surface area contributed by atoms with Crippen LogP contribution >= 0.6 is 0 Å². The van der Waals surface area contributed by atoms with Crippen molar-refractivity contribution in [2.24, 2.45) is 0 Å². The van der Waals surface area contributed by atoms with E-state index in [1.807, 2.05) is 33.8 Å². The third-order valence-corrected chi connectivity index (χ3v) is 4.97. The van der Waals surface area contributed by atoms with Crippen LogP contribution in [0.3, 0.4) is 0 Å². The molecule has 0 spiro atoms. The van der Waals surface area contributed by atoms with Gasteiger partial charge in [0.25, 0.3) is 0 Å². The molecule has 26 heavy (non-hydrogen) atoms. The molecule has 0 atom stereocenters. The number of pyridine rings is 1. The van der Waals surface area contributed by atoms with Crippen LogP contribution in [0.2, 0.25) is 0 Å². The minimum Gasteiger partial charge on any atom is -0.398 e. The summed E-state index contributed by atoms with van der Waals surface area (Å²) in [5, 5.41) is 13.3. The summed E-state index contributed by atoms with van der Waals surface area (Å²) in [6.07, 6.45) is 0. The highest BCUT2D eigenvalue weighted by molar-refractivity contribution is 6.61. The van der Waals surface area contributed by atoms with Crippen molar-refractivity contribution in [3.8, 4) is 11.9 Å². The van der Waals surface area contributed by atoms with Gasteiger partial charge in [-0.15, -0.1) is 0 Å². The molecule has 3 heterocycles. The Bertz CT molecular complexity index is 911. The summed E-state index contributed by atoms with van der Waals surface area (Å²) in [6, 6.07) is 7.07. The molecule has 3 rings (SSSR count). The van der Waals surface area contributed by atoms with Gasteiger partial charge in [0.1, 0.15) is 6.07 Å². The molecule has 1 aliphatic rings. The van der Waals surface area contributed by atoms with E-state index in [-0.39, 0.29) is 11.5 Å². The van der Waals surface area contributed by atoms with Crippen LogP contribution in [-0.2, 0) is 9.31 Å². The molecule has 0 aromatic carbocycles. The number of nitrogens with zero attached hydrogens (tertiary/aromatic N) is 4. The third-order valence-electron chi connectivity index (χ3n) is 4.97. The molecule has 0 radical (unpaired) electrons. The molecule has 2 aromatic heterocycles. The smallest absolute Gasteiger partial charge is 0.398 e. The maximum Gasteiger partial charge on any atom is 0.514 e. The molecule has 134 valence electrons. The highest BCUT2D eigenvalue weighted by atomic mass is 16.7. The number of nitriles is 1. The standard InChI is InChI=1S/C18H21BN4O3/c1-11-9-13(10-20)22-23(11)16-14(12(2)24)7-8-15(21-16)19-25-17(3,4)18(5,6)26-19/h7-9H,1-6H3. The number of carbonyl (C=O) groups is 1. The summed E-state index contributed by atoms with van der Waals surface area (Å²) in [7, 11) is -0.647. The topological polar surface area (TPSA) is 90.0 Å². The second-order valence-corrected chi connectivity index (χ2v) is 7.45. The van der Waals surface area contributed by atoms with Crippen molar-refractivity contribution in [1.82, 2.24) is 14.8 Å². The lowest BCUT2D eigenvalue weighted by atomic mass is 9.84. The molecule has 1 fully saturated rings. The summed E-state index contributed by atoms with van der Waals surface area (Å²) in [5.74, 6) is 0.227. The van der Waals surface area contributed by atoms with Crippen molar-refractivity contribution in [3.05, 3.63) is 35.2 Å². The van der Waals surface area contributed by atoms with Gasteiger partial charge < -0.3 is 9.31 Å². The summed E-state index contributed by atoms with van der Waals surface area (Å²) in [4.78, 5) is 16.7. The Balaban J connectivity index is 2.10. The van der Waals surface area contributed by atoms with Crippen LogP contribution in [0.1, 0.15) is 56.4 Å². The number of hydrogen-bond donors (Lipinski definition) is 0. The lowest BCUT2D eigenvalue weighted by molar-refractivity contribution is 0.00578. The number of rotatable bonds is 3. The average Bonchev–Trinajstić information content (AvgIpc) is 3.03. The van der Waals surface area contributed by atoms with Gasteiger partial charge in [-0.3, -0.25) is 4.79 Å². The van der Waals surface area contributed by atoms with E-state index >= 15 is 0 Å². The van der Waals surface area contributed by atoms with Gasteiger partial charge in [0, 0.05) is 5.69 Å². The molecular weight excluding hydrogens is 331 g/mol. The van der Waals surface area contributed by atoms with Gasteiger partial charge in [0.15, 0.2) is 17.3 Å². The first-order chi connectivity index (χ1) is 12.1. The summed E-state index contributed by atoms with van der Waals surface area (Å²) in [6.45, 7) is 11.1. The van der Waals surface area contributed by atoms with Crippen LogP contribution in [0.15, 0.2) is 18.2 Å². The molecule has 1 aliphatic heterocycles. The van der Waals surface area contributed by atoms with Crippen LogP contribution in [0.5, 0.6) is 0 Å². The molecule has 0 aliphatic carbocycles. The maximum absolute atomic E-state index is 12.1. The van der Waals surface area contributed by atoms with E-state index in [4.69, 9.17) is 14.6 Å². The second kappa shape index (κ2) is 6.04. The van der Waals surface area contributed by atoms with Crippen molar-refractivity contribution >= 4 is 18.5 Å². The van der Waals surface area contributed by atoms with Gasteiger partial charge in [-0.05, 0) is 59.7 Å². The van der Waals surface area contributed by atoms with Gasteiger partial charge in [-0.25, -0.2) is 9.67 Å². The van der Waals surface area contributed by atoms with E-state index in [1.165, 1.54) is 11.6 Å². The molecule has 2 aromatic rings. The SMILES string of the molecule is CC(=O)c1ccc(B2OC(C)(C)C(C)(C)O2)nc1-n1nc(C#N)cc1C. The normalized spacial score (nSPS) is 18.0. The minimum absolute atomic E-state index is 0.138. The zero-order valence-corrected chi connectivity index (χ0v) is 15.8. The zero-order chi connectivity index (χ0) is 19.3. The lowest BCUT2D eigenvalue weighted by Crippen LogP contribution is -2.41. The fourth-order valence-electron chi connectivity index (χ4n) is 2.74.